The third kappa shape index (κ3) is 2.71. The molecule has 0 aliphatic rings. The van der Waals surface area contributed by atoms with Crippen LogP contribution in [0.25, 0.3) is 0 Å². The first-order chi connectivity index (χ1) is 9.58. The molecule has 0 fully saturated rings. The molecule has 0 radical (unpaired) electrons. The summed E-state index contributed by atoms with van der Waals surface area (Å²) in [6, 6.07) is 8.36. The van der Waals surface area contributed by atoms with Gasteiger partial charge in [-0.3, -0.25) is 4.79 Å². The van der Waals surface area contributed by atoms with Crippen LogP contribution in [-0.2, 0) is 6.54 Å². The van der Waals surface area contributed by atoms with Crippen molar-refractivity contribution in [2.24, 2.45) is 5.73 Å². The lowest BCUT2D eigenvalue weighted by Gasteiger charge is -2.14. The number of methoxy groups -OCH3 is 1. The van der Waals surface area contributed by atoms with E-state index in [0.717, 1.165) is 5.56 Å². The van der Waals surface area contributed by atoms with E-state index in [9.17, 15) is 4.79 Å². The fourth-order valence-corrected chi connectivity index (χ4v) is 2.36. The number of nitrogens with zero attached hydrogens (tertiary/aromatic N) is 1. The zero-order valence-corrected chi connectivity index (χ0v) is 12.2. The van der Waals surface area contributed by atoms with Gasteiger partial charge in [-0.2, -0.15) is 0 Å². The number of nitrogens with two attached hydrogens (primary N) is 1. The summed E-state index contributed by atoms with van der Waals surface area (Å²) in [6.07, 6.45) is 1.75. The van der Waals surface area contributed by atoms with Crippen molar-refractivity contribution in [3.05, 3.63) is 63.0 Å². The van der Waals surface area contributed by atoms with E-state index in [0.29, 0.717) is 22.9 Å². The maximum absolute atomic E-state index is 12.2. The number of rotatable bonds is 4. The van der Waals surface area contributed by atoms with Gasteiger partial charge >= 0.3 is 0 Å². The lowest BCUT2D eigenvalue weighted by Crippen LogP contribution is -2.27. The van der Waals surface area contributed by atoms with Crippen molar-refractivity contribution in [1.82, 2.24) is 4.57 Å². The van der Waals surface area contributed by atoms with Crippen LogP contribution < -0.4 is 16.0 Å². The van der Waals surface area contributed by atoms with Crippen LogP contribution in [-0.4, -0.2) is 11.7 Å². The van der Waals surface area contributed by atoms with E-state index in [1.807, 2.05) is 19.1 Å². The summed E-state index contributed by atoms with van der Waals surface area (Å²) in [5, 5.41) is 0.479. The Bertz CT molecular complexity index is 667. The van der Waals surface area contributed by atoms with Gasteiger partial charge in [-0.05, 0) is 30.7 Å². The first-order valence-electron chi connectivity index (χ1n) is 6.36. The molecule has 1 aromatic heterocycles. The maximum atomic E-state index is 12.2. The Labute approximate surface area is 122 Å². The minimum atomic E-state index is -0.509. The van der Waals surface area contributed by atoms with Gasteiger partial charge in [0.25, 0.3) is 5.56 Å². The average molecular weight is 293 g/mol. The van der Waals surface area contributed by atoms with Gasteiger partial charge in [0.15, 0.2) is 0 Å². The standard InChI is InChI=1S/C15H17ClN2O2/c1-3-18-8-4-5-11(15(18)19)14(17)10-6-7-13(20-2)12(16)9-10/h4-9,14H,3,17H2,1-2H3. The predicted molar refractivity (Wildman–Crippen MR) is 80.4 cm³/mol. The molecule has 1 atom stereocenters. The Kier molecular flexibility index (Phi) is 4.47. The molecule has 0 bridgehead atoms. The second kappa shape index (κ2) is 6.11. The number of pyridine rings is 1. The highest BCUT2D eigenvalue weighted by molar-refractivity contribution is 6.32. The summed E-state index contributed by atoms with van der Waals surface area (Å²) < 4.78 is 6.73. The van der Waals surface area contributed by atoms with Gasteiger partial charge in [0.1, 0.15) is 5.75 Å². The fraction of sp³-hybridized carbons (Fsp3) is 0.267. The topological polar surface area (TPSA) is 57.2 Å². The van der Waals surface area contributed by atoms with E-state index in [1.54, 1.807) is 36.1 Å². The van der Waals surface area contributed by atoms with Crippen molar-refractivity contribution in [3.63, 3.8) is 0 Å². The van der Waals surface area contributed by atoms with Crippen LogP contribution in [0.3, 0.4) is 0 Å². The number of hydrogen-bond donors (Lipinski definition) is 1. The van der Waals surface area contributed by atoms with Gasteiger partial charge in [0.05, 0.1) is 18.2 Å². The lowest BCUT2D eigenvalue weighted by molar-refractivity contribution is 0.415. The molecule has 5 heteroatoms. The molecule has 106 valence electrons. The molecule has 1 heterocycles. The Balaban J connectivity index is 2.44. The highest BCUT2D eigenvalue weighted by Gasteiger charge is 2.15. The third-order valence-electron chi connectivity index (χ3n) is 3.26. The second-order valence-corrected chi connectivity index (χ2v) is 4.83. The Morgan fingerprint density at radius 3 is 2.75 bits per heavy atom. The van der Waals surface area contributed by atoms with Crippen molar-refractivity contribution in [3.8, 4) is 5.75 Å². The van der Waals surface area contributed by atoms with Crippen molar-refractivity contribution >= 4 is 11.6 Å². The van der Waals surface area contributed by atoms with Crippen LogP contribution in [0.2, 0.25) is 5.02 Å². The molecule has 0 saturated carbocycles. The number of aromatic nitrogens is 1. The zero-order valence-electron chi connectivity index (χ0n) is 11.5. The molecule has 0 aliphatic heterocycles. The third-order valence-corrected chi connectivity index (χ3v) is 3.56. The van der Waals surface area contributed by atoms with Crippen LogP contribution in [0.15, 0.2) is 41.3 Å². The fourth-order valence-electron chi connectivity index (χ4n) is 2.10. The molecule has 4 nitrogen and oxygen atoms in total. The van der Waals surface area contributed by atoms with Crippen LogP contribution in [0.1, 0.15) is 24.1 Å². The minimum absolute atomic E-state index is 0.0746. The highest BCUT2D eigenvalue weighted by Crippen LogP contribution is 2.28. The normalized spacial score (nSPS) is 12.2. The van der Waals surface area contributed by atoms with E-state index in [1.165, 1.54) is 0 Å². The predicted octanol–water partition coefficient (Wildman–Crippen LogP) is 2.58. The summed E-state index contributed by atoms with van der Waals surface area (Å²) in [5.41, 5.74) is 7.44. The number of benzene rings is 1. The van der Waals surface area contributed by atoms with Gasteiger partial charge in [-0.25, -0.2) is 0 Å². The van der Waals surface area contributed by atoms with Crippen LogP contribution >= 0.6 is 11.6 Å². The van der Waals surface area contributed by atoms with Crippen LogP contribution in [0, 0.1) is 0 Å². The van der Waals surface area contributed by atoms with Crippen molar-refractivity contribution in [1.29, 1.82) is 0 Å². The summed E-state index contributed by atoms with van der Waals surface area (Å²) in [4.78, 5) is 12.2. The van der Waals surface area contributed by atoms with Gasteiger partial charge < -0.3 is 15.0 Å². The average Bonchev–Trinajstić information content (AvgIpc) is 2.46. The molecular formula is C15H17ClN2O2. The highest BCUT2D eigenvalue weighted by atomic mass is 35.5. The lowest BCUT2D eigenvalue weighted by atomic mass is 10.0. The van der Waals surface area contributed by atoms with Crippen LogP contribution in [0.4, 0.5) is 0 Å². The SMILES string of the molecule is CCn1cccc(C(N)c2ccc(OC)c(Cl)c2)c1=O. The van der Waals surface area contributed by atoms with Gasteiger partial charge in [0, 0.05) is 18.3 Å². The molecule has 2 aromatic rings. The Morgan fingerprint density at radius 1 is 1.40 bits per heavy atom. The van der Waals surface area contributed by atoms with Gasteiger partial charge in [0.2, 0.25) is 0 Å². The smallest absolute Gasteiger partial charge is 0.255 e. The van der Waals surface area contributed by atoms with Gasteiger partial charge in [-0.15, -0.1) is 0 Å². The molecular weight excluding hydrogens is 276 g/mol. The number of halogens is 1. The molecule has 0 aliphatic carbocycles. The quantitative estimate of drug-likeness (QED) is 0.942. The summed E-state index contributed by atoms with van der Waals surface area (Å²) in [7, 11) is 1.55. The van der Waals surface area contributed by atoms with Crippen molar-refractivity contribution < 1.29 is 4.74 Å². The number of ether oxygens (including phenoxy) is 1. The molecule has 1 unspecified atom stereocenters. The maximum Gasteiger partial charge on any atom is 0.255 e. The van der Waals surface area contributed by atoms with Crippen molar-refractivity contribution in [2.75, 3.05) is 7.11 Å². The molecule has 20 heavy (non-hydrogen) atoms. The van der Waals surface area contributed by atoms with E-state index in [2.05, 4.69) is 0 Å². The van der Waals surface area contributed by atoms with Crippen molar-refractivity contribution in [2.45, 2.75) is 19.5 Å². The minimum Gasteiger partial charge on any atom is -0.495 e. The van der Waals surface area contributed by atoms with E-state index in [4.69, 9.17) is 22.1 Å². The molecule has 0 spiro atoms. The molecule has 0 saturated heterocycles. The second-order valence-electron chi connectivity index (χ2n) is 4.43. The first kappa shape index (κ1) is 14.6. The molecule has 1 aromatic carbocycles. The largest absolute Gasteiger partial charge is 0.495 e. The van der Waals surface area contributed by atoms with E-state index < -0.39 is 6.04 Å². The summed E-state index contributed by atoms with van der Waals surface area (Å²) in [5.74, 6) is 0.585. The monoisotopic (exact) mass is 292 g/mol. The van der Waals surface area contributed by atoms with E-state index >= 15 is 0 Å². The van der Waals surface area contributed by atoms with E-state index in [-0.39, 0.29) is 5.56 Å². The Morgan fingerprint density at radius 2 is 2.15 bits per heavy atom. The summed E-state index contributed by atoms with van der Waals surface area (Å²) >= 11 is 6.10. The number of aryl methyl sites for hydroxylation is 1. The summed E-state index contributed by atoms with van der Waals surface area (Å²) in [6.45, 7) is 2.53. The zero-order chi connectivity index (χ0) is 14.7. The van der Waals surface area contributed by atoms with Gasteiger partial charge in [-0.1, -0.05) is 23.7 Å². The Hall–Kier alpha value is -1.78. The number of hydrogen-bond acceptors (Lipinski definition) is 3. The first-order valence-corrected chi connectivity index (χ1v) is 6.74. The molecule has 2 rings (SSSR count). The molecule has 0 amide bonds. The van der Waals surface area contributed by atoms with Crippen LogP contribution in [0.5, 0.6) is 5.75 Å². The molecule has 2 N–H and O–H groups in total.